The van der Waals surface area contributed by atoms with E-state index < -0.39 is 17.9 Å². The van der Waals surface area contributed by atoms with Crippen molar-refractivity contribution >= 4 is 27.5 Å². The largest absolute Gasteiger partial charge is 0.436 e. The molecule has 5 nitrogen and oxygen atoms in total. The van der Waals surface area contributed by atoms with Crippen molar-refractivity contribution in [2.75, 3.05) is 0 Å². The summed E-state index contributed by atoms with van der Waals surface area (Å²) in [6.07, 6.45) is -4.18. The number of halogens is 5. The minimum atomic E-state index is -4.55. The Morgan fingerprint density at radius 2 is 2.04 bits per heavy atom. The molecule has 0 fully saturated rings. The van der Waals surface area contributed by atoms with Crippen molar-refractivity contribution in [1.29, 1.82) is 0 Å². The molecule has 0 spiro atoms. The first-order valence-corrected chi connectivity index (χ1v) is 8.72. The van der Waals surface area contributed by atoms with Crippen LogP contribution in [-0.2, 0) is 12.6 Å². The monoisotopic (exact) mass is 448 g/mol. The smallest absolute Gasteiger partial charge is 0.423 e. The van der Waals surface area contributed by atoms with E-state index in [2.05, 4.69) is 31.2 Å². The molecule has 0 saturated heterocycles. The maximum atomic E-state index is 13.0. The molecule has 0 aliphatic rings. The van der Waals surface area contributed by atoms with Crippen LogP contribution in [0, 0.1) is 6.92 Å². The fourth-order valence-corrected chi connectivity index (χ4v) is 3.19. The van der Waals surface area contributed by atoms with Crippen LogP contribution in [0.15, 0.2) is 33.2 Å². The highest BCUT2D eigenvalue weighted by molar-refractivity contribution is 9.10. The van der Waals surface area contributed by atoms with E-state index in [1.54, 1.807) is 25.1 Å². The van der Waals surface area contributed by atoms with Gasteiger partial charge in [-0.3, -0.25) is 4.68 Å². The fourth-order valence-electron chi connectivity index (χ4n) is 2.49. The zero-order valence-corrected chi connectivity index (χ0v) is 16.0. The molecule has 1 atom stereocenters. The average molecular weight is 450 g/mol. The van der Waals surface area contributed by atoms with Crippen LogP contribution in [0.25, 0.3) is 0 Å². The lowest BCUT2D eigenvalue weighted by Crippen LogP contribution is -2.13. The van der Waals surface area contributed by atoms with E-state index in [4.69, 9.17) is 16.0 Å². The summed E-state index contributed by atoms with van der Waals surface area (Å²) in [5, 5.41) is 12.2. The van der Waals surface area contributed by atoms with Gasteiger partial charge in [-0.2, -0.15) is 18.3 Å². The summed E-state index contributed by atoms with van der Waals surface area (Å²) in [6, 6.07) is 6.55. The Balaban J connectivity index is 1.85. The lowest BCUT2D eigenvalue weighted by atomic mass is 10.1. The summed E-state index contributed by atoms with van der Waals surface area (Å²) in [6.45, 7) is 3.18. The third-order valence-electron chi connectivity index (χ3n) is 3.80. The second kappa shape index (κ2) is 7.03. The van der Waals surface area contributed by atoms with E-state index in [9.17, 15) is 13.2 Å². The van der Waals surface area contributed by atoms with Gasteiger partial charge in [0.05, 0.1) is 16.6 Å². The minimum absolute atomic E-state index is 0.101. The van der Waals surface area contributed by atoms with Gasteiger partial charge in [-0.25, -0.2) is 0 Å². The molecule has 2 aromatic heterocycles. The van der Waals surface area contributed by atoms with E-state index in [0.717, 1.165) is 5.56 Å². The van der Waals surface area contributed by atoms with Crippen LogP contribution in [0.2, 0.25) is 5.02 Å². The van der Waals surface area contributed by atoms with Crippen LogP contribution in [-0.4, -0.2) is 20.0 Å². The number of aromatic nitrogens is 4. The van der Waals surface area contributed by atoms with Gasteiger partial charge >= 0.3 is 6.18 Å². The van der Waals surface area contributed by atoms with Crippen LogP contribution in [0.3, 0.4) is 0 Å². The van der Waals surface area contributed by atoms with Crippen molar-refractivity contribution in [3.8, 4) is 0 Å². The first kappa shape index (κ1) is 18.9. The van der Waals surface area contributed by atoms with Gasteiger partial charge < -0.3 is 4.42 Å². The first-order chi connectivity index (χ1) is 12.2. The molecule has 26 heavy (non-hydrogen) atoms. The molecule has 2 heterocycles. The first-order valence-electron chi connectivity index (χ1n) is 7.55. The molecule has 0 N–H and O–H groups in total. The van der Waals surface area contributed by atoms with E-state index in [1.807, 2.05) is 6.07 Å². The Hall–Kier alpha value is -1.87. The summed E-state index contributed by atoms with van der Waals surface area (Å²) in [5.74, 6) is 0.517. The Morgan fingerprint density at radius 3 is 2.65 bits per heavy atom. The zero-order valence-electron chi connectivity index (χ0n) is 13.7. The number of alkyl halides is 3. The normalized spacial score (nSPS) is 13.2. The molecule has 1 unspecified atom stereocenters. The number of nitrogens with zero attached hydrogens (tertiary/aromatic N) is 4. The lowest BCUT2D eigenvalue weighted by Gasteiger charge is -2.10. The molecule has 0 bridgehead atoms. The van der Waals surface area contributed by atoms with Gasteiger partial charge in [0.25, 0.3) is 0 Å². The molecule has 3 aromatic rings. The van der Waals surface area contributed by atoms with Gasteiger partial charge in [0.15, 0.2) is 5.69 Å². The zero-order chi connectivity index (χ0) is 19.1. The van der Waals surface area contributed by atoms with Crippen molar-refractivity contribution in [2.24, 2.45) is 0 Å². The van der Waals surface area contributed by atoms with E-state index in [0.29, 0.717) is 23.0 Å². The Kier molecular flexibility index (Phi) is 5.12. The van der Waals surface area contributed by atoms with Gasteiger partial charge in [-0.15, -0.1) is 10.2 Å². The predicted octanol–water partition coefficient (Wildman–Crippen LogP) is 5.21. The summed E-state index contributed by atoms with van der Waals surface area (Å²) < 4.78 is 45.8. The van der Waals surface area contributed by atoms with Crippen molar-refractivity contribution in [3.63, 3.8) is 0 Å². The molecule has 0 amide bonds. The fraction of sp³-hybridized carbons (Fsp3) is 0.312. The molecule has 1 aromatic carbocycles. The van der Waals surface area contributed by atoms with Crippen LogP contribution >= 0.6 is 27.5 Å². The number of rotatable bonds is 4. The Morgan fingerprint density at radius 1 is 1.31 bits per heavy atom. The minimum Gasteiger partial charge on any atom is -0.423 e. The van der Waals surface area contributed by atoms with Crippen LogP contribution in [0.1, 0.15) is 41.7 Å². The lowest BCUT2D eigenvalue weighted by molar-refractivity contribution is -0.142. The molecule has 138 valence electrons. The molecule has 0 aliphatic heterocycles. The summed E-state index contributed by atoms with van der Waals surface area (Å²) >= 11 is 8.89. The standard InChI is InChI=1S/C16H13BrClF3N4O/c1-8-13(17)14(16(19,20)21)24-25(8)9(2)15-23-22-12(26-15)7-10-4-3-5-11(18)6-10/h3-6,9H,7H2,1-2H3. The average Bonchev–Trinajstić information content (AvgIpc) is 3.12. The second-order valence-corrected chi connectivity index (χ2v) is 6.94. The third kappa shape index (κ3) is 3.78. The van der Waals surface area contributed by atoms with Gasteiger partial charge in [0, 0.05) is 5.02 Å². The van der Waals surface area contributed by atoms with E-state index >= 15 is 0 Å². The van der Waals surface area contributed by atoms with Crippen molar-refractivity contribution in [3.05, 3.63) is 62.5 Å². The summed E-state index contributed by atoms with van der Waals surface area (Å²) in [5.41, 5.74) is 0.220. The topological polar surface area (TPSA) is 56.7 Å². The molecule has 0 radical (unpaired) electrons. The van der Waals surface area contributed by atoms with Crippen LogP contribution in [0.4, 0.5) is 13.2 Å². The van der Waals surface area contributed by atoms with Gasteiger partial charge in [-0.05, 0) is 47.5 Å². The molecule has 3 rings (SSSR count). The Bertz CT molecular complexity index is 938. The van der Waals surface area contributed by atoms with Crippen LogP contribution in [0.5, 0.6) is 0 Å². The molecule has 10 heteroatoms. The molecule has 0 saturated carbocycles. The van der Waals surface area contributed by atoms with Crippen molar-refractivity contribution in [2.45, 2.75) is 32.5 Å². The summed E-state index contributed by atoms with van der Waals surface area (Å²) in [7, 11) is 0. The quantitative estimate of drug-likeness (QED) is 0.549. The maximum absolute atomic E-state index is 13.0. The highest BCUT2D eigenvalue weighted by atomic mass is 79.9. The highest BCUT2D eigenvalue weighted by Gasteiger charge is 2.38. The SMILES string of the molecule is Cc1c(Br)c(C(F)(F)F)nn1C(C)c1nnc(Cc2cccc(Cl)c2)o1. The molecule has 0 aliphatic carbocycles. The third-order valence-corrected chi connectivity index (χ3v) is 4.98. The van der Waals surface area contributed by atoms with Crippen molar-refractivity contribution < 1.29 is 17.6 Å². The maximum Gasteiger partial charge on any atom is 0.436 e. The Labute approximate surface area is 160 Å². The van der Waals surface area contributed by atoms with Gasteiger partial charge in [0.2, 0.25) is 11.8 Å². The van der Waals surface area contributed by atoms with E-state index in [-0.39, 0.29) is 10.4 Å². The second-order valence-electron chi connectivity index (χ2n) is 5.71. The molecular formula is C16H13BrClF3N4O. The predicted molar refractivity (Wildman–Crippen MR) is 92.0 cm³/mol. The van der Waals surface area contributed by atoms with Gasteiger partial charge in [0.1, 0.15) is 6.04 Å². The number of benzene rings is 1. The summed E-state index contributed by atoms with van der Waals surface area (Å²) in [4.78, 5) is 0. The highest BCUT2D eigenvalue weighted by Crippen LogP contribution is 2.37. The van der Waals surface area contributed by atoms with E-state index in [1.165, 1.54) is 11.6 Å². The molecular weight excluding hydrogens is 437 g/mol. The number of hydrogen-bond donors (Lipinski definition) is 0. The van der Waals surface area contributed by atoms with Crippen LogP contribution < -0.4 is 0 Å². The van der Waals surface area contributed by atoms with Crippen molar-refractivity contribution in [1.82, 2.24) is 20.0 Å². The number of hydrogen-bond acceptors (Lipinski definition) is 4. The van der Waals surface area contributed by atoms with Gasteiger partial charge in [-0.1, -0.05) is 23.7 Å².